The van der Waals surface area contributed by atoms with E-state index in [1.807, 2.05) is 0 Å². The third kappa shape index (κ3) is 3.23. The van der Waals surface area contributed by atoms with Crippen molar-refractivity contribution in [2.24, 2.45) is 11.8 Å². The summed E-state index contributed by atoms with van der Waals surface area (Å²) in [5.74, 6) is 2.10. The first kappa shape index (κ1) is 12.0. The van der Waals surface area contributed by atoms with Crippen molar-refractivity contribution in [3.05, 3.63) is 0 Å². The summed E-state index contributed by atoms with van der Waals surface area (Å²) >= 11 is 0. The molecule has 98 valence electrons. The van der Waals surface area contributed by atoms with Gasteiger partial charge in [-0.25, -0.2) is 0 Å². The lowest BCUT2D eigenvalue weighted by Gasteiger charge is -2.25. The Bertz CT molecular complexity index is 233. The number of hydrogen-bond acceptors (Lipinski definition) is 2. The Balaban J connectivity index is 1.49. The average Bonchev–Trinajstić information content (AvgIpc) is 3.22. The SMILES string of the molecule is CCN1CCCC(NC(C2CC2)C2CC2)CC1. The maximum absolute atomic E-state index is 4.04. The molecule has 0 bridgehead atoms. The van der Waals surface area contributed by atoms with Gasteiger partial charge in [0, 0.05) is 12.1 Å². The minimum Gasteiger partial charge on any atom is -0.311 e. The Hall–Kier alpha value is -0.0800. The van der Waals surface area contributed by atoms with Crippen LogP contribution in [0.3, 0.4) is 0 Å². The Morgan fingerprint density at radius 3 is 2.29 bits per heavy atom. The fourth-order valence-electron chi connectivity index (χ4n) is 3.48. The van der Waals surface area contributed by atoms with Gasteiger partial charge in [0.05, 0.1) is 0 Å². The maximum atomic E-state index is 4.04. The van der Waals surface area contributed by atoms with Crippen LogP contribution in [0, 0.1) is 11.8 Å². The molecule has 17 heavy (non-hydrogen) atoms. The largest absolute Gasteiger partial charge is 0.311 e. The first-order valence-corrected chi connectivity index (χ1v) is 7.85. The van der Waals surface area contributed by atoms with Gasteiger partial charge in [0.1, 0.15) is 0 Å². The Kier molecular flexibility index (Phi) is 3.72. The number of nitrogens with zero attached hydrogens (tertiary/aromatic N) is 1. The van der Waals surface area contributed by atoms with Crippen LogP contribution < -0.4 is 5.32 Å². The van der Waals surface area contributed by atoms with Gasteiger partial charge >= 0.3 is 0 Å². The predicted octanol–water partition coefficient (Wildman–Crippen LogP) is 2.64. The van der Waals surface area contributed by atoms with Gasteiger partial charge in [-0.05, 0) is 76.4 Å². The second-order valence-corrected chi connectivity index (χ2v) is 6.43. The number of hydrogen-bond donors (Lipinski definition) is 1. The van der Waals surface area contributed by atoms with Crippen LogP contribution >= 0.6 is 0 Å². The highest BCUT2D eigenvalue weighted by Crippen LogP contribution is 2.44. The molecule has 0 amide bonds. The molecule has 2 heteroatoms. The second kappa shape index (κ2) is 5.27. The van der Waals surface area contributed by atoms with Crippen LogP contribution in [0.4, 0.5) is 0 Å². The van der Waals surface area contributed by atoms with E-state index >= 15 is 0 Å². The van der Waals surface area contributed by atoms with E-state index in [9.17, 15) is 0 Å². The summed E-state index contributed by atoms with van der Waals surface area (Å²) in [6.07, 6.45) is 10.2. The fraction of sp³-hybridized carbons (Fsp3) is 1.00. The summed E-state index contributed by atoms with van der Waals surface area (Å²) in [7, 11) is 0. The molecule has 3 fully saturated rings. The van der Waals surface area contributed by atoms with Crippen LogP contribution in [0.25, 0.3) is 0 Å². The first-order chi connectivity index (χ1) is 8.36. The van der Waals surface area contributed by atoms with Gasteiger partial charge < -0.3 is 10.2 Å². The van der Waals surface area contributed by atoms with Crippen LogP contribution in [0.15, 0.2) is 0 Å². The number of rotatable bonds is 5. The molecule has 0 spiro atoms. The highest BCUT2D eigenvalue weighted by Gasteiger charge is 2.42. The molecule has 0 radical (unpaired) electrons. The van der Waals surface area contributed by atoms with Crippen LogP contribution in [-0.4, -0.2) is 36.6 Å². The van der Waals surface area contributed by atoms with E-state index in [0.29, 0.717) is 0 Å². The van der Waals surface area contributed by atoms with Gasteiger partial charge in [-0.15, -0.1) is 0 Å². The van der Waals surface area contributed by atoms with Gasteiger partial charge in [-0.2, -0.15) is 0 Å². The molecule has 1 N–H and O–H groups in total. The third-order valence-corrected chi connectivity index (χ3v) is 4.96. The van der Waals surface area contributed by atoms with Crippen molar-refractivity contribution < 1.29 is 0 Å². The van der Waals surface area contributed by atoms with Crippen molar-refractivity contribution in [1.29, 1.82) is 0 Å². The van der Waals surface area contributed by atoms with E-state index in [1.54, 1.807) is 0 Å². The average molecular weight is 236 g/mol. The molecule has 3 rings (SSSR count). The molecule has 1 heterocycles. The first-order valence-electron chi connectivity index (χ1n) is 7.85. The van der Waals surface area contributed by atoms with Gasteiger partial charge in [-0.1, -0.05) is 6.92 Å². The van der Waals surface area contributed by atoms with Crippen molar-refractivity contribution in [3.63, 3.8) is 0 Å². The van der Waals surface area contributed by atoms with E-state index in [4.69, 9.17) is 0 Å². The molecule has 1 unspecified atom stereocenters. The Morgan fingerprint density at radius 1 is 1.00 bits per heavy atom. The zero-order valence-electron chi connectivity index (χ0n) is 11.3. The van der Waals surface area contributed by atoms with Gasteiger partial charge in [0.2, 0.25) is 0 Å². The highest BCUT2D eigenvalue weighted by atomic mass is 15.1. The summed E-state index contributed by atoms with van der Waals surface area (Å²) in [4.78, 5) is 2.62. The van der Waals surface area contributed by atoms with E-state index < -0.39 is 0 Å². The quantitative estimate of drug-likeness (QED) is 0.789. The van der Waals surface area contributed by atoms with Crippen molar-refractivity contribution in [3.8, 4) is 0 Å². The molecule has 1 atom stereocenters. The van der Waals surface area contributed by atoms with Crippen LogP contribution in [-0.2, 0) is 0 Å². The van der Waals surface area contributed by atoms with Gasteiger partial charge in [-0.3, -0.25) is 0 Å². The summed E-state index contributed by atoms with van der Waals surface area (Å²) in [6.45, 7) is 6.18. The molecule has 0 aromatic rings. The minimum absolute atomic E-state index is 0.817. The standard InChI is InChI=1S/C15H28N2/c1-2-17-10-3-4-14(9-11-17)16-15(12-5-6-12)13-7-8-13/h12-16H,2-11H2,1H3. The van der Waals surface area contributed by atoms with Gasteiger partial charge in [0.25, 0.3) is 0 Å². The molecular weight excluding hydrogens is 208 g/mol. The zero-order valence-corrected chi connectivity index (χ0v) is 11.3. The number of nitrogens with one attached hydrogen (secondary N) is 1. The fourth-order valence-corrected chi connectivity index (χ4v) is 3.48. The molecule has 1 saturated heterocycles. The van der Waals surface area contributed by atoms with E-state index in [-0.39, 0.29) is 0 Å². The van der Waals surface area contributed by atoms with Crippen molar-refractivity contribution in [2.45, 2.75) is 64.0 Å². The highest BCUT2D eigenvalue weighted by molar-refractivity contribution is 4.97. The third-order valence-electron chi connectivity index (χ3n) is 4.96. The number of likely N-dealkylation sites (tertiary alicyclic amines) is 1. The van der Waals surface area contributed by atoms with E-state index in [1.165, 1.54) is 64.6 Å². The van der Waals surface area contributed by atoms with E-state index in [2.05, 4.69) is 17.1 Å². The van der Waals surface area contributed by atoms with Crippen molar-refractivity contribution >= 4 is 0 Å². The van der Waals surface area contributed by atoms with Crippen LogP contribution in [0.5, 0.6) is 0 Å². The molecule has 3 aliphatic rings. The second-order valence-electron chi connectivity index (χ2n) is 6.43. The lowest BCUT2D eigenvalue weighted by atomic mass is 10.0. The molecule has 2 nitrogen and oxygen atoms in total. The lowest BCUT2D eigenvalue weighted by molar-refractivity contribution is 0.290. The van der Waals surface area contributed by atoms with Gasteiger partial charge in [0.15, 0.2) is 0 Å². The molecule has 0 aromatic heterocycles. The summed E-state index contributed by atoms with van der Waals surface area (Å²) in [6, 6.07) is 1.71. The monoisotopic (exact) mass is 236 g/mol. The Morgan fingerprint density at radius 2 is 1.71 bits per heavy atom. The summed E-state index contributed by atoms with van der Waals surface area (Å²) < 4.78 is 0. The van der Waals surface area contributed by atoms with E-state index in [0.717, 1.165) is 23.9 Å². The molecule has 2 aliphatic carbocycles. The topological polar surface area (TPSA) is 15.3 Å². The zero-order chi connectivity index (χ0) is 11.7. The summed E-state index contributed by atoms with van der Waals surface area (Å²) in [5, 5.41) is 4.04. The smallest absolute Gasteiger partial charge is 0.0126 e. The predicted molar refractivity (Wildman–Crippen MR) is 72.1 cm³/mol. The summed E-state index contributed by atoms with van der Waals surface area (Å²) in [5.41, 5.74) is 0. The molecule has 1 aliphatic heterocycles. The molecule has 0 aromatic carbocycles. The normalized spacial score (nSPS) is 31.8. The van der Waals surface area contributed by atoms with Crippen LogP contribution in [0.2, 0.25) is 0 Å². The minimum atomic E-state index is 0.817. The maximum Gasteiger partial charge on any atom is 0.0126 e. The van der Waals surface area contributed by atoms with Crippen molar-refractivity contribution in [2.75, 3.05) is 19.6 Å². The van der Waals surface area contributed by atoms with Crippen LogP contribution in [0.1, 0.15) is 51.9 Å². The lowest BCUT2D eigenvalue weighted by Crippen LogP contribution is -2.41. The molecule has 2 saturated carbocycles. The molecular formula is C15H28N2. The van der Waals surface area contributed by atoms with Crippen molar-refractivity contribution in [1.82, 2.24) is 10.2 Å². The Labute approximate surface area is 106 Å².